The molecule has 1 fully saturated rings. The van der Waals surface area contributed by atoms with Crippen LogP contribution in [0.3, 0.4) is 0 Å². The molecule has 0 saturated carbocycles. The lowest BCUT2D eigenvalue weighted by Gasteiger charge is -2.31. The zero-order valence-corrected chi connectivity index (χ0v) is 11.5. The summed E-state index contributed by atoms with van der Waals surface area (Å²) >= 11 is 0. The van der Waals surface area contributed by atoms with Gasteiger partial charge in [-0.3, -0.25) is 0 Å². The molecule has 1 saturated heterocycles. The van der Waals surface area contributed by atoms with Crippen LogP contribution in [0.1, 0.15) is 26.7 Å². The van der Waals surface area contributed by atoms with E-state index >= 15 is 0 Å². The maximum Gasteiger partial charge on any atom is 0.0107 e. The molecular formula is C13H29N3. The Hall–Kier alpha value is -0.120. The first-order chi connectivity index (χ1) is 7.59. The molecule has 16 heavy (non-hydrogen) atoms. The van der Waals surface area contributed by atoms with Gasteiger partial charge in [0.25, 0.3) is 0 Å². The quantitative estimate of drug-likeness (QED) is 0.737. The van der Waals surface area contributed by atoms with Gasteiger partial charge in [-0.05, 0) is 39.4 Å². The van der Waals surface area contributed by atoms with E-state index in [4.69, 9.17) is 0 Å². The second kappa shape index (κ2) is 7.25. The maximum atomic E-state index is 3.41. The Morgan fingerprint density at radius 3 is 2.31 bits per heavy atom. The van der Waals surface area contributed by atoms with Crippen molar-refractivity contribution < 1.29 is 0 Å². The summed E-state index contributed by atoms with van der Waals surface area (Å²) in [6.45, 7) is 10.7. The highest BCUT2D eigenvalue weighted by atomic mass is 15.2. The highest BCUT2D eigenvalue weighted by Gasteiger charge is 2.16. The third-order valence-corrected chi connectivity index (χ3v) is 3.46. The van der Waals surface area contributed by atoms with Gasteiger partial charge in [-0.15, -0.1) is 0 Å². The van der Waals surface area contributed by atoms with Crippen LogP contribution in [-0.4, -0.2) is 62.7 Å². The first kappa shape index (κ1) is 13.9. The van der Waals surface area contributed by atoms with E-state index in [-0.39, 0.29) is 0 Å². The summed E-state index contributed by atoms with van der Waals surface area (Å²) in [5, 5.41) is 3.41. The second-order valence-electron chi connectivity index (χ2n) is 5.63. The molecule has 1 rings (SSSR count). The summed E-state index contributed by atoms with van der Waals surface area (Å²) in [7, 11) is 4.43. The Bertz CT molecular complexity index is 174. The molecule has 1 atom stereocenters. The van der Waals surface area contributed by atoms with E-state index in [0.717, 1.165) is 25.0 Å². The van der Waals surface area contributed by atoms with Gasteiger partial charge in [0.15, 0.2) is 0 Å². The maximum absolute atomic E-state index is 3.41. The predicted molar refractivity (Wildman–Crippen MR) is 70.9 cm³/mol. The lowest BCUT2D eigenvalue weighted by Crippen LogP contribution is -2.45. The third-order valence-electron chi connectivity index (χ3n) is 3.46. The zero-order chi connectivity index (χ0) is 12.0. The van der Waals surface area contributed by atoms with Crippen molar-refractivity contribution in [3.63, 3.8) is 0 Å². The van der Waals surface area contributed by atoms with Crippen molar-refractivity contribution in [2.75, 3.05) is 46.8 Å². The van der Waals surface area contributed by atoms with Crippen LogP contribution in [0.25, 0.3) is 0 Å². The molecule has 1 aliphatic rings. The van der Waals surface area contributed by atoms with Gasteiger partial charge in [-0.1, -0.05) is 13.8 Å². The van der Waals surface area contributed by atoms with Gasteiger partial charge in [0.1, 0.15) is 0 Å². The Labute approximate surface area is 101 Å². The lowest BCUT2D eigenvalue weighted by molar-refractivity contribution is 0.184. The van der Waals surface area contributed by atoms with Crippen LogP contribution in [0, 0.1) is 5.92 Å². The molecule has 1 aliphatic heterocycles. The van der Waals surface area contributed by atoms with E-state index in [1.165, 1.54) is 32.5 Å². The van der Waals surface area contributed by atoms with Crippen molar-refractivity contribution in [2.24, 2.45) is 5.92 Å². The number of rotatable bonds is 6. The average molecular weight is 227 g/mol. The molecule has 1 heterocycles. The van der Waals surface area contributed by atoms with Gasteiger partial charge in [-0.2, -0.15) is 0 Å². The molecular weight excluding hydrogens is 198 g/mol. The van der Waals surface area contributed by atoms with Crippen LogP contribution in [0.4, 0.5) is 0 Å². The highest BCUT2D eigenvalue weighted by Crippen LogP contribution is 2.13. The van der Waals surface area contributed by atoms with E-state index in [9.17, 15) is 0 Å². The Morgan fingerprint density at radius 2 is 1.81 bits per heavy atom. The summed E-state index contributed by atoms with van der Waals surface area (Å²) in [6.07, 6.45) is 2.63. The number of nitrogens with one attached hydrogen (secondary N) is 1. The summed E-state index contributed by atoms with van der Waals surface area (Å²) < 4.78 is 0. The van der Waals surface area contributed by atoms with E-state index in [2.05, 4.69) is 43.1 Å². The SMILES string of the molecule is CC(C)CC(CCN1CCNCC1)N(C)C. The van der Waals surface area contributed by atoms with Crippen molar-refractivity contribution in [2.45, 2.75) is 32.7 Å². The summed E-state index contributed by atoms with van der Waals surface area (Å²) in [4.78, 5) is 4.98. The number of hydrogen-bond acceptors (Lipinski definition) is 3. The lowest BCUT2D eigenvalue weighted by atomic mass is 10.00. The van der Waals surface area contributed by atoms with Crippen LogP contribution < -0.4 is 5.32 Å². The number of nitrogens with zero attached hydrogens (tertiary/aromatic N) is 2. The first-order valence-electron chi connectivity index (χ1n) is 6.69. The number of hydrogen-bond donors (Lipinski definition) is 1. The van der Waals surface area contributed by atoms with Crippen LogP contribution in [0.2, 0.25) is 0 Å². The molecule has 0 aliphatic carbocycles. The molecule has 0 aromatic carbocycles. The van der Waals surface area contributed by atoms with Gasteiger partial charge < -0.3 is 15.1 Å². The molecule has 1 N–H and O–H groups in total. The van der Waals surface area contributed by atoms with Gasteiger partial charge in [0, 0.05) is 32.2 Å². The van der Waals surface area contributed by atoms with Crippen LogP contribution >= 0.6 is 0 Å². The molecule has 0 aromatic heterocycles. The van der Waals surface area contributed by atoms with E-state index in [1.807, 2.05) is 0 Å². The fraction of sp³-hybridized carbons (Fsp3) is 1.00. The minimum atomic E-state index is 0.745. The van der Waals surface area contributed by atoms with E-state index in [0.29, 0.717) is 0 Å². The largest absolute Gasteiger partial charge is 0.314 e. The van der Waals surface area contributed by atoms with Crippen LogP contribution in [0.5, 0.6) is 0 Å². The van der Waals surface area contributed by atoms with Crippen molar-refractivity contribution in [3.05, 3.63) is 0 Å². The van der Waals surface area contributed by atoms with Crippen molar-refractivity contribution in [3.8, 4) is 0 Å². The van der Waals surface area contributed by atoms with Gasteiger partial charge in [-0.25, -0.2) is 0 Å². The topological polar surface area (TPSA) is 18.5 Å². The zero-order valence-electron chi connectivity index (χ0n) is 11.5. The Kier molecular flexibility index (Phi) is 6.32. The first-order valence-corrected chi connectivity index (χ1v) is 6.69. The normalized spacial score (nSPS) is 20.6. The molecule has 3 heteroatoms. The molecule has 0 amide bonds. The summed E-state index contributed by atoms with van der Waals surface area (Å²) in [6, 6.07) is 0.745. The molecule has 0 spiro atoms. The smallest absolute Gasteiger partial charge is 0.0107 e. The third kappa shape index (κ3) is 5.28. The highest BCUT2D eigenvalue weighted by molar-refractivity contribution is 4.73. The molecule has 0 aromatic rings. The number of piperazine rings is 1. The standard InChI is InChI=1S/C13H29N3/c1-12(2)11-13(15(3)4)5-8-16-9-6-14-7-10-16/h12-14H,5-11H2,1-4H3. The minimum Gasteiger partial charge on any atom is -0.314 e. The second-order valence-corrected chi connectivity index (χ2v) is 5.63. The minimum absolute atomic E-state index is 0.745. The van der Waals surface area contributed by atoms with Crippen molar-refractivity contribution >= 4 is 0 Å². The Balaban J connectivity index is 2.25. The molecule has 1 unspecified atom stereocenters. The molecule has 96 valence electrons. The molecule has 0 radical (unpaired) electrons. The summed E-state index contributed by atoms with van der Waals surface area (Å²) in [5.74, 6) is 0.801. The van der Waals surface area contributed by atoms with Crippen LogP contribution in [-0.2, 0) is 0 Å². The van der Waals surface area contributed by atoms with E-state index < -0.39 is 0 Å². The monoisotopic (exact) mass is 227 g/mol. The fourth-order valence-corrected chi connectivity index (χ4v) is 2.40. The van der Waals surface area contributed by atoms with Gasteiger partial charge >= 0.3 is 0 Å². The van der Waals surface area contributed by atoms with Gasteiger partial charge in [0.05, 0.1) is 0 Å². The van der Waals surface area contributed by atoms with Crippen molar-refractivity contribution in [1.29, 1.82) is 0 Å². The van der Waals surface area contributed by atoms with E-state index in [1.54, 1.807) is 0 Å². The van der Waals surface area contributed by atoms with Crippen molar-refractivity contribution in [1.82, 2.24) is 15.1 Å². The average Bonchev–Trinajstić information content (AvgIpc) is 2.25. The molecule has 3 nitrogen and oxygen atoms in total. The predicted octanol–water partition coefficient (Wildman–Crippen LogP) is 1.26. The summed E-state index contributed by atoms with van der Waals surface area (Å²) in [5.41, 5.74) is 0. The van der Waals surface area contributed by atoms with Crippen LogP contribution in [0.15, 0.2) is 0 Å². The van der Waals surface area contributed by atoms with Gasteiger partial charge in [0.2, 0.25) is 0 Å². The fourth-order valence-electron chi connectivity index (χ4n) is 2.40. The molecule has 0 bridgehead atoms. The Morgan fingerprint density at radius 1 is 1.19 bits per heavy atom.